The largest absolute Gasteiger partial charge is 0.306 e. The summed E-state index contributed by atoms with van der Waals surface area (Å²) >= 11 is 5.61. The summed E-state index contributed by atoms with van der Waals surface area (Å²) in [4.78, 5) is 2.15. The quantitative estimate of drug-likeness (QED) is 0.916. The normalized spacial score (nSPS) is 17.8. The Bertz CT molecular complexity index is 561. The summed E-state index contributed by atoms with van der Waals surface area (Å²) in [5.74, 6) is -0.625. The molecule has 4 nitrogen and oxygen atoms in total. The second-order valence-corrected chi connectivity index (χ2v) is 6.90. The molecule has 2 rings (SSSR count). The number of nitrogens with one attached hydrogen (secondary N) is 1. The molecule has 1 saturated heterocycles. The average molecular weight is 343 g/mol. The van der Waals surface area contributed by atoms with E-state index in [1.165, 1.54) is 6.07 Å². The molecule has 114 valence electrons. The lowest BCUT2D eigenvalue weighted by Crippen LogP contribution is -2.43. The van der Waals surface area contributed by atoms with Crippen molar-refractivity contribution >= 4 is 34.0 Å². The standard InChI is InChI=1S/C12H16ClFN2O2S.ClH/c1-16-6-4-9(5-7-16)15-19(17,18)10-2-3-12(14)11(13)8-10;/h2-3,8-9,15H,4-7H2,1H3;1H. The first-order valence-electron chi connectivity index (χ1n) is 6.04. The van der Waals surface area contributed by atoms with Crippen molar-refractivity contribution in [2.24, 2.45) is 0 Å². The smallest absolute Gasteiger partial charge is 0.240 e. The van der Waals surface area contributed by atoms with Crippen LogP contribution in [0.5, 0.6) is 0 Å². The van der Waals surface area contributed by atoms with Crippen LogP contribution in [-0.4, -0.2) is 39.5 Å². The van der Waals surface area contributed by atoms with Gasteiger partial charge in [-0.15, -0.1) is 12.4 Å². The van der Waals surface area contributed by atoms with E-state index < -0.39 is 15.8 Å². The van der Waals surface area contributed by atoms with Gasteiger partial charge in [-0.05, 0) is 51.2 Å². The van der Waals surface area contributed by atoms with Crippen LogP contribution in [-0.2, 0) is 10.0 Å². The third kappa shape index (κ3) is 4.30. The third-order valence-electron chi connectivity index (χ3n) is 3.24. The SMILES string of the molecule is CN1CCC(NS(=O)(=O)c2ccc(F)c(Cl)c2)CC1.Cl. The van der Waals surface area contributed by atoms with Gasteiger partial charge in [-0.3, -0.25) is 0 Å². The van der Waals surface area contributed by atoms with Crippen LogP contribution in [0.1, 0.15) is 12.8 Å². The summed E-state index contributed by atoms with van der Waals surface area (Å²) in [5, 5.41) is -0.189. The summed E-state index contributed by atoms with van der Waals surface area (Å²) in [6, 6.07) is 3.34. The van der Waals surface area contributed by atoms with Crippen molar-refractivity contribution < 1.29 is 12.8 Å². The second kappa shape index (κ2) is 7.04. The van der Waals surface area contributed by atoms with Gasteiger partial charge in [0.2, 0.25) is 10.0 Å². The number of piperidine rings is 1. The van der Waals surface area contributed by atoms with Gasteiger partial charge in [0, 0.05) is 6.04 Å². The number of benzene rings is 1. The molecule has 1 aliphatic rings. The third-order valence-corrected chi connectivity index (χ3v) is 5.05. The molecule has 0 spiro atoms. The molecule has 1 aromatic rings. The van der Waals surface area contributed by atoms with Gasteiger partial charge >= 0.3 is 0 Å². The number of nitrogens with zero attached hydrogens (tertiary/aromatic N) is 1. The predicted molar refractivity (Wildman–Crippen MR) is 79.5 cm³/mol. The molecule has 8 heteroatoms. The number of likely N-dealkylation sites (tertiary alicyclic amines) is 1. The Kier molecular flexibility index (Phi) is 6.22. The highest BCUT2D eigenvalue weighted by molar-refractivity contribution is 7.89. The lowest BCUT2D eigenvalue weighted by atomic mass is 10.1. The molecule has 0 saturated carbocycles. The van der Waals surface area contributed by atoms with E-state index in [2.05, 4.69) is 9.62 Å². The zero-order chi connectivity index (χ0) is 14.0. The summed E-state index contributed by atoms with van der Waals surface area (Å²) in [6.07, 6.45) is 1.54. The molecule has 0 atom stereocenters. The van der Waals surface area contributed by atoms with Crippen LogP contribution in [0.3, 0.4) is 0 Å². The van der Waals surface area contributed by atoms with E-state index in [1.54, 1.807) is 0 Å². The van der Waals surface area contributed by atoms with E-state index >= 15 is 0 Å². The maximum Gasteiger partial charge on any atom is 0.240 e. The maximum absolute atomic E-state index is 13.0. The molecule has 1 aromatic carbocycles. The molecule has 1 fully saturated rings. The molecular formula is C12H17Cl2FN2O2S. The van der Waals surface area contributed by atoms with Crippen molar-refractivity contribution in [3.05, 3.63) is 29.0 Å². The van der Waals surface area contributed by atoms with Crippen LogP contribution in [0.15, 0.2) is 23.1 Å². The van der Waals surface area contributed by atoms with Crippen LogP contribution in [0.4, 0.5) is 4.39 Å². The monoisotopic (exact) mass is 342 g/mol. The molecule has 0 unspecified atom stereocenters. The molecule has 0 bridgehead atoms. The Morgan fingerprint density at radius 2 is 1.95 bits per heavy atom. The predicted octanol–water partition coefficient (Wildman–Crippen LogP) is 2.27. The number of hydrogen-bond acceptors (Lipinski definition) is 3. The second-order valence-electron chi connectivity index (χ2n) is 4.77. The molecule has 0 amide bonds. The van der Waals surface area contributed by atoms with Crippen molar-refractivity contribution in [2.75, 3.05) is 20.1 Å². The van der Waals surface area contributed by atoms with Crippen LogP contribution >= 0.6 is 24.0 Å². The number of rotatable bonds is 3. The van der Waals surface area contributed by atoms with Crippen LogP contribution < -0.4 is 4.72 Å². The van der Waals surface area contributed by atoms with Crippen molar-refractivity contribution in [3.63, 3.8) is 0 Å². The van der Waals surface area contributed by atoms with Gasteiger partial charge in [0.1, 0.15) is 5.82 Å². The fourth-order valence-electron chi connectivity index (χ4n) is 2.06. The van der Waals surface area contributed by atoms with Gasteiger partial charge in [-0.1, -0.05) is 11.6 Å². The van der Waals surface area contributed by atoms with E-state index in [0.29, 0.717) is 0 Å². The Balaban J connectivity index is 0.00000200. The molecule has 1 heterocycles. The number of sulfonamides is 1. The van der Waals surface area contributed by atoms with Crippen molar-refractivity contribution in [1.82, 2.24) is 9.62 Å². The van der Waals surface area contributed by atoms with Crippen molar-refractivity contribution in [2.45, 2.75) is 23.8 Å². The fourth-order valence-corrected chi connectivity index (χ4v) is 3.63. The first-order valence-corrected chi connectivity index (χ1v) is 7.90. The zero-order valence-corrected chi connectivity index (χ0v) is 13.4. The number of halogens is 3. The molecule has 0 radical (unpaired) electrons. The topological polar surface area (TPSA) is 49.4 Å². The first kappa shape index (κ1) is 17.7. The maximum atomic E-state index is 13.0. The van der Waals surface area contributed by atoms with E-state index in [1.807, 2.05) is 7.05 Å². The minimum absolute atomic E-state index is 0. The van der Waals surface area contributed by atoms with Gasteiger partial charge in [0.25, 0.3) is 0 Å². The van der Waals surface area contributed by atoms with E-state index in [4.69, 9.17) is 11.6 Å². The summed E-state index contributed by atoms with van der Waals surface area (Å²) in [6.45, 7) is 1.72. The lowest BCUT2D eigenvalue weighted by Gasteiger charge is -2.29. The molecule has 1 aliphatic heterocycles. The summed E-state index contributed by atoms with van der Waals surface area (Å²) in [5.41, 5.74) is 0. The van der Waals surface area contributed by atoms with E-state index in [-0.39, 0.29) is 28.4 Å². The van der Waals surface area contributed by atoms with Crippen LogP contribution in [0.2, 0.25) is 5.02 Å². The summed E-state index contributed by atoms with van der Waals surface area (Å²) < 4.78 is 40.0. The minimum Gasteiger partial charge on any atom is -0.306 e. The van der Waals surface area contributed by atoms with E-state index in [9.17, 15) is 12.8 Å². The Morgan fingerprint density at radius 1 is 1.35 bits per heavy atom. The van der Waals surface area contributed by atoms with Gasteiger partial charge in [-0.25, -0.2) is 17.5 Å². The Hall–Kier alpha value is -0.400. The van der Waals surface area contributed by atoms with Crippen LogP contribution in [0, 0.1) is 5.82 Å². The minimum atomic E-state index is -3.64. The van der Waals surface area contributed by atoms with Crippen molar-refractivity contribution in [1.29, 1.82) is 0 Å². The Labute approximate surface area is 129 Å². The highest BCUT2D eigenvalue weighted by atomic mass is 35.5. The molecule has 0 aromatic heterocycles. The van der Waals surface area contributed by atoms with E-state index in [0.717, 1.165) is 38.1 Å². The van der Waals surface area contributed by atoms with Crippen molar-refractivity contribution in [3.8, 4) is 0 Å². The zero-order valence-electron chi connectivity index (χ0n) is 11.0. The molecule has 0 aliphatic carbocycles. The van der Waals surface area contributed by atoms with Gasteiger partial charge in [0.05, 0.1) is 9.92 Å². The summed E-state index contributed by atoms with van der Waals surface area (Å²) in [7, 11) is -1.63. The van der Waals surface area contributed by atoms with Gasteiger partial charge in [0.15, 0.2) is 0 Å². The molecule has 1 N–H and O–H groups in total. The van der Waals surface area contributed by atoms with Gasteiger partial charge < -0.3 is 4.90 Å². The van der Waals surface area contributed by atoms with Crippen LogP contribution in [0.25, 0.3) is 0 Å². The average Bonchev–Trinajstić information content (AvgIpc) is 2.35. The highest BCUT2D eigenvalue weighted by Gasteiger charge is 2.23. The fraction of sp³-hybridized carbons (Fsp3) is 0.500. The Morgan fingerprint density at radius 3 is 2.50 bits per heavy atom. The van der Waals surface area contributed by atoms with Gasteiger partial charge in [-0.2, -0.15) is 0 Å². The lowest BCUT2D eigenvalue weighted by molar-refractivity contribution is 0.248. The highest BCUT2D eigenvalue weighted by Crippen LogP contribution is 2.20. The number of hydrogen-bond donors (Lipinski definition) is 1. The molecular weight excluding hydrogens is 326 g/mol. The molecule has 20 heavy (non-hydrogen) atoms. The first-order chi connectivity index (χ1) is 8.88.